The van der Waals surface area contributed by atoms with Crippen LogP contribution >= 0.6 is 11.8 Å². The second-order valence-corrected chi connectivity index (χ2v) is 11.8. The van der Waals surface area contributed by atoms with Crippen molar-refractivity contribution in [1.29, 1.82) is 0 Å². The topological polar surface area (TPSA) is 66.5 Å². The number of sulfonamides is 1. The molecule has 0 atom stereocenters. The van der Waals surface area contributed by atoms with Crippen molar-refractivity contribution in [3.63, 3.8) is 0 Å². The fourth-order valence-electron chi connectivity index (χ4n) is 3.67. The van der Waals surface area contributed by atoms with Crippen LogP contribution in [0.5, 0.6) is 0 Å². The van der Waals surface area contributed by atoms with E-state index in [1.807, 2.05) is 56.8 Å². The molecule has 186 valence electrons. The molecule has 3 rings (SSSR count). The third kappa shape index (κ3) is 7.36. The van der Waals surface area contributed by atoms with Crippen LogP contribution in [0.4, 0.5) is 5.69 Å². The van der Waals surface area contributed by atoms with Crippen molar-refractivity contribution in [2.75, 3.05) is 23.1 Å². The van der Waals surface area contributed by atoms with Crippen molar-refractivity contribution in [1.82, 2.24) is 5.32 Å². The van der Waals surface area contributed by atoms with Crippen molar-refractivity contribution in [3.8, 4) is 0 Å². The van der Waals surface area contributed by atoms with E-state index in [1.54, 1.807) is 24.3 Å². The van der Waals surface area contributed by atoms with E-state index in [0.29, 0.717) is 12.2 Å². The molecule has 0 saturated carbocycles. The molecule has 0 aliphatic heterocycles. The highest BCUT2D eigenvalue weighted by molar-refractivity contribution is 7.98. The molecule has 0 radical (unpaired) electrons. The summed E-state index contributed by atoms with van der Waals surface area (Å²) in [5.74, 6) is 1.54. The number of thioether (sulfide) groups is 1. The summed E-state index contributed by atoms with van der Waals surface area (Å²) in [6, 6.07) is 20.7. The number of anilines is 1. The number of benzene rings is 3. The summed E-state index contributed by atoms with van der Waals surface area (Å²) >= 11 is 1.83. The molecule has 1 N–H and O–H groups in total. The van der Waals surface area contributed by atoms with E-state index in [1.165, 1.54) is 15.4 Å². The second kappa shape index (κ2) is 12.3. The monoisotopic (exact) mass is 510 g/mol. The van der Waals surface area contributed by atoms with Crippen LogP contribution < -0.4 is 9.62 Å². The summed E-state index contributed by atoms with van der Waals surface area (Å²) in [6.07, 6.45) is 0.816. The zero-order valence-electron chi connectivity index (χ0n) is 20.9. The number of aryl methyl sites for hydroxylation is 4. The van der Waals surface area contributed by atoms with Crippen LogP contribution in [0.25, 0.3) is 0 Å². The number of hydrogen-bond acceptors (Lipinski definition) is 4. The molecule has 0 heterocycles. The van der Waals surface area contributed by atoms with Gasteiger partial charge in [-0.3, -0.25) is 9.10 Å². The lowest BCUT2D eigenvalue weighted by atomic mass is 10.1. The van der Waals surface area contributed by atoms with Crippen molar-refractivity contribution in [2.45, 2.75) is 44.8 Å². The first kappa shape index (κ1) is 26.8. The highest BCUT2D eigenvalue weighted by Crippen LogP contribution is 2.28. The third-order valence-electron chi connectivity index (χ3n) is 5.84. The molecule has 0 aromatic heterocycles. The van der Waals surface area contributed by atoms with E-state index in [4.69, 9.17) is 0 Å². The van der Waals surface area contributed by atoms with E-state index in [0.717, 1.165) is 34.6 Å². The van der Waals surface area contributed by atoms with Crippen molar-refractivity contribution in [3.05, 3.63) is 94.5 Å². The third-order valence-corrected chi connectivity index (χ3v) is 8.70. The first-order chi connectivity index (χ1) is 16.7. The minimum Gasteiger partial charge on any atom is -0.354 e. The Morgan fingerprint density at radius 3 is 2.29 bits per heavy atom. The molecule has 0 saturated heterocycles. The molecule has 0 spiro atoms. The molecule has 1 amide bonds. The molecule has 35 heavy (non-hydrogen) atoms. The summed E-state index contributed by atoms with van der Waals surface area (Å²) in [4.78, 5) is 13.0. The Morgan fingerprint density at radius 1 is 0.886 bits per heavy atom. The number of carbonyl (C=O) groups excluding carboxylic acids is 1. The van der Waals surface area contributed by atoms with Gasteiger partial charge in [-0.1, -0.05) is 54.1 Å². The van der Waals surface area contributed by atoms with Gasteiger partial charge in [0.05, 0.1) is 10.6 Å². The highest BCUT2D eigenvalue weighted by Gasteiger charge is 2.28. The summed E-state index contributed by atoms with van der Waals surface area (Å²) in [5.41, 5.74) is 5.84. The average Bonchev–Trinajstić information content (AvgIpc) is 2.82. The van der Waals surface area contributed by atoms with Crippen LogP contribution in [0.15, 0.2) is 71.6 Å². The van der Waals surface area contributed by atoms with Crippen LogP contribution in [-0.4, -0.2) is 33.2 Å². The van der Waals surface area contributed by atoms with Crippen LogP contribution in [0, 0.1) is 27.7 Å². The number of nitrogens with one attached hydrogen (secondary N) is 1. The smallest absolute Gasteiger partial charge is 0.264 e. The van der Waals surface area contributed by atoms with Gasteiger partial charge in [-0.2, -0.15) is 11.8 Å². The highest BCUT2D eigenvalue weighted by atomic mass is 32.2. The Kier molecular flexibility index (Phi) is 9.40. The predicted octanol–water partition coefficient (Wildman–Crippen LogP) is 5.56. The summed E-state index contributed by atoms with van der Waals surface area (Å²) in [5, 5.41) is 2.90. The molecule has 7 heteroatoms. The summed E-state index contributed by atoms with van der Waals surface area (Å²) in [6.45, 7) is 8.03. The quantitative estimate of drug-likeness (QED) is 0.343. The molecule has 0 fully saturated rings. The van der Waals surface area contributed by atoms with Gasteiger partial charge in [0.1, 0.15) is 6.54 Å². The Labute approximate surface area is 214 Å². The molecule has 0 unspecified atom stereocenters. The maximum Gasteiger partial charge on any atom is 0.264 e. The molecule has 3 aromatic rings. The number of nitrogens with zero attached hydrogens (tertiary/aromatic N) is 1. The first-order valence-corrected chi connectivity index (χ1v) is 14.3. The molecule has 3 aromatic carbocycles. The summed E-state index contributed by atoms with van der Waals surface area (Å²) < 4.78 is 28.4. The van der Waals surface area contributed by atoms with Gasteiger partial charge in [0.25, 0.3) is 10.0 Å². The van der Waals surface area contributed by atoms with Gasteiger partial charge in [-0.15, -0.1) is 0 Å². The lowest BCUT2D eigenvalue weighted by Gasteiger charge is -2.26. The van der Waals surface area contributed by atoms with Gasteiger partial charge in [0.15, 0.2) is 0 Å². The number of hydrogen-bond donors (Lipinski definition) is 1. The normalized spacial score (nSPS) is 11.3. The van der Waals surface area contributed by atoms with Crippen molar-refractivity contribution >= 4 is 33.4 Å². The van der Waals surface area contributed by atoms with Gasteiger partial charge in [0.2, 0.25) is 5.91 Å². The van der Waals surface area contributed by atoms with Gasteiger partial charge >= 0.3 is 0 Å². The standard InChI is InChI=1S/C28H34N2O3S2/c1-21-11-14-26(15-12-21)35(32,33)30(27-18-22(2)10-13-24(27)4)19-28(31)29-16-7-17-34-20-25-9-6-5-8-23(25)3/h5-6,8-15,18H,7,16-17,19-20H2,1-4H3,(H,29,31). The fraction of sp³-hybridized carbons (Fsp3) is 0.321. The molecule has 0 aliphatic carbocycles. The fourth-order valence-corrected chi connectivity index (χ4v) is 6.18. The van der Waals surface area contributed by atoms with Crippen LogP contribution in [0.2, 0.25) is 0 Å². The van der Waals surface area contributed by atoms with Gasteiger partial charge in [0, 0.05) is 12.3 Å². The molecular formula is C28H34N2O3S2. The first-order valence-electron chi connectivity index (χ1n) is 11.7. The molecule has 0 bridgehead atoms. The van der Waals surface area contributed by atoms with Gasteiger partial charge < -0.3 is 5.32 Å². The van der Waals surface area contributed by atoms with E-state index in [2.05, 4.69) is 30.4 Å². The van der Waals surface area contributed by atoms with Crippen LogP contribution in [-0.2, 0) is 20.6 Å². The molecule has 5 nitrogen and oxygen atoms in total. The Balaban J connectivity index is 1.64. The second-order valence-electron chi connectivity index (χ2n) is 8.80. The van der Waals surface area contributed by atoms with E-state index in [-0.39, 0.29) is 17.3 Å². The number of rotatable bonds is 11. The average molecular weight is 511 g/mol. The maximum absolute atomic E-state index is 13.6. The maximum atomic E-state index is 13.6. The SMILES string of the molecule is Cc1ccc(S(=O)(=O)N(CC(=O)NCCCSCc2ccccc2C)c2cc(C)ccc2C)cc1. The molecule has 0 aliphatic rings. The zero-order chi connectivity index (χ0) is 25.4. The zero-order valence-corrected chi connectivity index (χ0v) is 22.5. The lowest BCUT2D eigenvalue weighted by molar-refractivity contribution is -0.119. The van der Waals surface area contributed by atoms with Gasteiger partial charge in [-0.05, 0) is 80.3 Å². The predicted molar refractivity (Wildman–Crippen MR) is 147 cm³/mol. The van der Waals surface area contributed by atoms with Crippen molar-refractivity contribution in [2.24, 2.45) is 0 Å². The van der Waals surface area contributed by atoms with Gasteiger partial charge in [-0.25, -0.2) is 8.42 Å². The van der Waals surface area contributed by atoms with E-state index >= 15 is 0 Å². The Bertz CT molecular complexity index is 1260. The minimum absolute atomic E-state index is 0.171. The number of amides is 1. The van der Waals surface area contributed by atoms with Crippen molar-refractivity contribution < 1.29 is 13.2 Å². The Morgan fingerprint density at radius 2 is 1.57 bits per heavy atom. The van der Waals surface area contributed by atoms with E-state index in [9.17, 15) is 13.2 Å². The lowest BCUT2D eigenvalue weighted by Crippen LogP contribution is -2.41. The largest absolute Gasteiger partial charge is 0.354 e. The van der Waals surface area contributed by atoms with Crippen LogP contribution in [0.3, 0.4) is 0 Å². The van der Waals surface area contributed by atoms with E-state index < -0.39 is 10.0 Å². The Hall–Kier alpha value is -2.77. The summed E-state index contributed by atoms with van der Waals surface area (Å²) in [7, 11) is -3.91. The number of carbonyl (C=O) groups is 1. The molecular weight excluding hydrogens is 476 g/mol. The minimum atomic E-state index is -3.91. The van der Waals surface area contributed by atoms with Crippen LogP contribution in [0.1, 0.15) is 34.2 Å².